The highest BCUT2D eigenvalue weighted by molar-refractivity contribution is 8.76. The fourth-order valence-corrected chi connectivity index (χ4v) is 2.02. The zero-order valence-electron chi connectivity index (χ0n) is 7.76. The first-order chi connectivity index (χ1) is 6.68. The first-order valence-corrected chi connectivity index (χ1v) is 7.09. The van der Waals surface area contributed by atoms with Crippen molar-refractivity contribution < 1.29 is 20.1 Å². The molecule has 14 heavy (non-hydrogen) atoms. The van der Waals surface area contributed by atoms with Gasteiger partial charge < -0.3 is 15.3 Å². The van der Waals surface area contributed by atoms with Crippen LogP contribution in [-0.4, -0.2) is 51.8 Å². The first kappa shape index (κ1) is 16.9. The van der Waals surface area contributed by atoms with Crippen LogP contribution in [0, 0.1) is 0 Å². The molecule has 0 bridgehead atoms. The molecule has 0 saturated heterocycles. The third-order valence-electron chi connectivity index (χ3n) is 0.758. The molecule has 86 valence electrons. The van der Waals surface area contributed by atoms with Gasteiger partial charge >= 0.3 is 5.97 Å². The number of rotatable bonds is 7. The summed E-state index contributed by atoms with van der Waals surface area (Å²) in [5.74, 6) is 1.15. The quantitative estimate of drug-likeness (QED) is 0.307. The van der Waals surface area contributed by atoms with E-state index in [1.807, 2.05) is 0 Å². The Morgan fingerprint density at radius 1 is 1.14 bits per heavy atom. The molecule has 0 rings (SSSR count). The molecule has 0 aromatic carbocycles. The lowest BCUT2D eigenvalue weighted by molar-refractivity contribution is -0.136. The van der Waals surface area contributed by atoms with Gasteiger partial charge in [-0.2, -0.15) is 12.6 Å². The van der Waals surface area contributed by atoms with Crippen LogP contribution in [0.25, 0.3) is 0 Å². The summed E-state index contributed by atoms with van der Waals surface area (Å²) >= 11 is 3.68. The summed E-state index contributed by atoms with van der Waals surface area (Å²) in [7, 11) is 3.17. The SMILES string of the molecule is O=C(O)CCS.OCCSSCCO. The van der Waals surface area contributed by atoms with Gasteiger partial charge in [-0.3, -0.25) is 4.79 Å². The third-order valence-corrected chi connectivity index (χ3v) is 3.35. The lowest BCUT2D eigenvalue weighted by Crippen LogP contribution is -1.93. The van der Waals surface area contributed by atoms with Crippen molar-refractivity contribution in [1.82, 2.24) is 0 Å². The van der Waals surface area contributed by atoms with Crippen molar-refractivity contribution >= 4 is 40.2 Å². The largest absolute Gasteiger partial charge is 0.481 e. The smallest absolute Gasteiger partial charge is 0.304 e. The highest BCUT2D eigenvalue weighted by atomic mass is 33.1. The average Bonchev–Trinajstić information content (AvgIpc) is 2.13. The molecule has 0 aromatic rings. The molecule has 0 saturated carbocycles. The van der Waals surface area contributed by atoms with Crippen LogP contribution < -0.4 is 0 Å². The maximum Gasteiger partial charge on any atom is 0.304 e. The van der Waals surface area contributed by atoms with E-state index in [1.165, 1.54) is 0 Å². The van der Waals surface area contributed by atoms with Gasteiger partial charge in [-0.15, -0.1) is 0 Å². The Morgan fingerprint density at radius 2 is 1.57 bits per heavy atom. The molecule has 0 aliphatic carbocycles. The Hall–Kier alpha value is 0.440. The van der Waals surface area contributed by atoms with E-state index in [-0.39, 0.29) is 19.6 Å². The van der Waals surface area contributed by atoms with Crippen LogP contribution in [-0.2, 0) is 4.79 Å². The van der Waals surface area contributed by atoms with Crippen molar-refractivity contribution in [2.24, 2.45) is 0 Å². The van der Waals surface area contributed by atoms with E-state index < -0.39 is 5.97 Å². The summed E-state index contributed by atoms with van der Waals surface area (Å²) < 4.78 is 0. The second-order valence-electron chi connectivity index (χ2n) is 1.96. The Morgan fingerprint density at radius 3 is 1.71 bits per heavy atom. The molecule has 0 aromatic heterocycles. The number of aliphatic hydroxyl groups is 2. The van der Waals surface area contributed by atoms with E-state index in [2.05, 4.69) is 12.6 Å². The van der Waals surface area contributed by atoms with E-state index >= 15 is 0 Å². The zero-order valence-corrected chi connectivity index (χ0v) is 10.3. The standard InChI is InChI=1S/C4H10O2S2.C3H6O2S/c5-1-3-7-8-4-2-6;4-3(5)1-2-6/h5-6H,1-4H2;6H,1-2H2,(H,4,5). The molecule has 0 aliphatic rings. The molecule has 0 radical (unpaired) electrons. The van der Waals surface area contributed by atoms with Crippen molar-refractivity contribution in [3.63, 3.8) is 0 Å². The average molecular weight is 260 g/mol. The summed E-state index contributed by atoms with van der Waals surface area (Å²) in [6.45, 7) is 0.451. The molecule has 3 N–H and O–H groups in total. The molecule has 0 aliphatic heterocycles. The van der Waals surface area contributed by atoms with Crippen molar-refractivity contribution in [3.8, 4) is 0 Å². The molecule has 0 heterocycles. The van der Waals surface area contributed by atoms with Crippen molar-refractivity contribution in [1.29, 1.82) is 0 Å². The molecular formula is C7H16O4S3. The van der Waals surface area contributed by atoms with Gasteiger partial charge in [-0.25, -0.2) is 0 Å². The van der Waals surface area contributed by atoms with Crippen LogP contribution in [0.5, 0.6) is 0 Å². The van der Waals surface area contributed by atoms with Gasteiger partial charge in [0.25, 0.3) is 0 Å². The van der Waals surface area contributed by atoms with Crippen LogP contribution >= 0.6 is 34.2 Å². The molecule has 0 atom stereocenters. The molecule has 0 unspecified atom stereocenters. The lowest BCUT2D eigenvalue weighted by Gasteiger charge is -1.93. The topological polar surface area (TPSA) is 77.8 Å². The Balaban J connectivity index is 0. The van der Waals surface area contributed by atoms with Crippen LogP contribution in [0.3, 0.4) is 0 Å². The van der Waals surface area contributed by atoms with Gasteiger partial charge in [0.05, 0.1) is 19.6 Å². The minimum absolute atomic E-state index is 0.156. The van der Waals surface area contributed by atoms with E-state index in [1.54, 1.807) is 21.6 Å². The third kappa shape index (κ3) is 22.9. The van der Waals surface area contributed by atoms with Crippen LogP contribution in [0.4, 0.5) is 0 Å². The first-order valence-electron chi connectivity index (χ1n) is 3.97. The Labute approximate surface area is 97.3 Å². The predicted octanol–water partition coefficient (Wildman–Crippen LogP) is 0.743. The number of carboxylic acids is 1. The number of aliphatic hydroxyl groups excluding tert-OH is 2. The maximum absolute atomic E-state index is 9.55. The fraction of sp³-hybridized carbons (Fsp3) is 0.857. The fourth-order valence-electron chi connectivity index (χ4n) is 0.288. The zero-order chi connectivity index (χ0) is 11.2. The van der Waals surface area contributed by atoms with Crippen LogP contribution in [0.1, 0.15) is 6.42 Å². The van der Waals surface area contributed by atoms with Gasteiger partial charge in [0.2, 0.25) is 0 Å². The molecule has 0 spiro atoms. The maximum atomic E-state index is 9.55. The van der Waals surface area contributed by atoms with Gasteiger partial charge in [-0.1, -0.05) is 21.6 Å². The molecule has 0 amide bonds. The van der Waals surface area contributed by atoms with Gasteiger partial charge in [0.15, 0.2) is 0 Å². The number of hydrogen-bond donors (Lipinski definition) is 4. The second kappa shape index (κ2) is 15.9. The summed E-state index contributed by atoms with van der Waals surface area (Å²) in [4.78, 5) is 9.55. The molecular weight excluding hydrogens is 244 g/mol. The summed E-state index contributed by atoms with van der Waals surface area (Å²) in [6.07, 6.45) is 0.156. The van der Waals surface area contributed by atoms with E-state index in [4.69, 9.17) is 15.3 Å². The summed E-state index contributed by atoms with van der Waals surface area (Å²) in [5.41, 5.74) is 0. The molecule has 4 nitrogen and oxygen atoms in total. The number of carbonyl (C=O) groups is 1. The van der Waals surface area contributed by atoms with E-state index in [9.17, 15) is 4.79 Å². The highest BCUT2D eigenvalue weighted by Crippen LogP contribution is 2.18. The summed E-state index contributed by atoms with van der Waals surface area (Å²) in [5, 5.41) is 24.4. The second-order valence-corrected chi connectivity index (χ2v) is 5.11. The Bertz CT molecular complexity index is 118. The van der Waals surface area contributed by atoms with Crippen molar-refractivity contribution in [2.45, 2.75) is 6.42 Å². The van der Waals surface area contributed by atoms with Crippen LogP contribution in [0.2, 0.25) is 0 Å². The minimum Gasteiger partial charge on any atom is -0.481 e. The van der Waals surface area contributed by atoms with Gasteiger partial charge in [0, 0.05) is 17.3 Å². The van der Waals surface area contributed by atoms with Gasteiger partial charge in [-0.05, 0) is 0 Å². The van der Waals surface area contributed by atoms with E-state index in [0.717, 1.165) is 11.5 Å². The number of thiol groups is 1. The van der Waals surface area contributed by atoms with Gasteiger partial charge in [0.1, 0.15) is 0 Å². The van der Waals surface area contributed by atoms with Crippen LogP contribution in [0.15, 0.2) is 0 Å². The number of carboxylic acid groups (broad SMARTS) is 1. The van der Waals surface area contributed by atoms with Crippen molar-refractivity contribution in [2.75, 3.05) is 30.5 Å². The van der Waals surface area contributed by atoms with E-state index in [0.29, 0.717) is 5.75 Å². The number of aliphatic carboxylic acids is 1. The predicted molar refractivity (Wildman–Crippen MR) is 65.2 cm³/mol. The minimum atomic E-state index is -0.787. The van der Waals surface area contributed by atoms with Crippen molar-refractivity contribution in [3.05, 3.63) is 0 Å². The monoisotopic (exact) mass is 260 g/mol. The highest BCUT2D eigenvalue weighted by Gasteiger charge is 1.88. The summed E-state index contributed by atoms with van der Waals surface area (Å²) in [6, 6.07) is 0. The Kier molecular flexibility index (Phi) is 19.1. The lowest BCUT2D eigenvalue weighted by atomic mass is 10.5. The molecule has 0 fully saturated rings. The normalized spacial score (nSPS) is 9.07. The molecule has 7 heteroatoms. The number of hydrogen-bond acceptors (Lipinski definition) is 6.